The molecule has 2 aromatic carbocycles. The van der Waals surface area contributed by atoms with Gasteiger partial charge in [-0.2, -0.15) is 13.2 Å². The van der Waals surface area contributed by atoms with E-state index in [9.17, 15) is 22.0 Å². The number of halogens is 5. The molecule has 0 aromatic heterocycles. The van der Waals surface area contributed by atoms with Crippen molar-refractivity contribution in [1.82, 2.24) is 0 Å². The van der Waals surface area contributed by atoms with Gasteiger partial charge < -0.3 is 4.37 Å². The highest BCUT2D eigenvalue weighted by molar-refractivity contribution is 5.34. The van der Waals surface area contributed by atoms with E-state index in [-0.39, 0.29) is 11.0 Å². The van der Waals surface area contributed by atoms with Crippen LogP contribution in [0.1, 0.15) is 76.6 Å². The highest BCUT2D eigenvalue weighted by Crippen LogP contribution is 2.33. The molecular weight excluding hydrogens is 435 g/mol. The van der Waals surface area contributed by atoms with E-state index in [0.717, 1.165) is 18.8 Å². The Morgan fingerprint density at radius 2 is 1.21 bits per heavy atom. The predicted octanol–water partition coefficient (Wildman–Crippen LogP) is 8.70. The minimum Gasteiger partial charge on any atom is -0.570 e. The summed E-state index contributed by atoms with van der Waals surface area (Å²) in [6, 6.07) is 8.14. The lowest BCUT2D eigenvalue weighted by atomic mass is 9.85. The van der Waals surface area contributed by atoms with Gasteiger partial charge in [0.25, 0.3) is 0 Å². The van der Waals surface area contributed by atoms with Crippen molar-refractivity contribution in [3.63, 3.8) is 0 Å². The SMILES string of the molecule is CC(C)(C)c1c(F)cccc1F.Cc1cc(C(C)(C)C)cc(C(F)(F)F)c1.[CH2-][O+]1CCCC1. The summed E-state index contributed by atoms with van der Waals surface area (Å²) >= 11 is 0. The van der Waals surface area contributed by atoms with Crippen molar-refractivity contribution in [1.29, 1.82) is 0 Å². The Balaban J connectivity index is 0.000000268. The Hall–Kier alpha value is -1.95. The monoisotopic (exact) mass is 472 g/mol. The Bertz CT molecular complexity index is 830. The topological polar surface area (TPSA) is 2.70 Å². The number of benzene rings is 2. The van der Waals surface area contributed by atoms with Gasteiger partial charge in [-0.1, -0.05) is 66.3 Å². The molecule has 0 bridgehead atoms. The van der Waals surface area contributed by atoms with Crippen molar-refractivity contribution in [3.05, 3.63) is 77.4 Å². The molecule has 0 spiro atoms. The Morgan fingerprint density at radius 3 is 1.52 bits per heavy atom. The fourth-order valence-corrected chi connectivity index (χ4v) is 3.31. The van der Waals surface area contributed by atoms with Gasteiger partial charge in [-0.15, -0.1) is 0 Å². The van der Waals surface area contributed by atoms with Gasteiger partial charge in [0.05, 0.1) is 5.56 Å². The zero-order valence-electron chi connectivity index (χ0n) is 20.8. The van der Waals surface area contributed by atoms with E-state index in [1.807, 2.05) is 20.8 Å². The molecule has 1 heterocycles. The van der Waals surface area contributed by atoms with Crippen LogP contribution in [-0.2, 0) is 21.4 Å². The molecule has 0 N–H and O–H groups in total. The minimum absolute atomic E-state index is 0.157. The van der Waals surface area contributed by atoms with E-state index in [2.05, 4.69) is 11.5 Å². The fraction of sp³-hybridized carbons (Fsp3) is 0.519. The van der Waals surface area contributed by atoms with Gasteiger partial charge in [-0.05, 0) is 47.6 Å². The van der Waals surface area contributed by atoms with Crippen LogP contribution in [0.25, 0.3) is 0 Å². The highest BCUT2D eigenvalue weighted by Gasteiger charge is 2.32. The normalized spacial score (nSPS) is 14.8. The third kappa shape index (κ3) is 9.83. The zero-order chi connectivity index (χ0) is 25.6. The molecule has 0 amide bonds. The summed E-state index contributed by atoms with van der Waals surface area (Å²) < 4.78 is 66.6. The summed E-state index contributed by atoms with van der Waals surface area (Å²) in [5, 5.41) is 0. The van der Waals surface area contributed by atoms with Crippen LogP contribution in [-0.4, -0.2) is 13.2 Å². The lowest BCUT2D eigenvalue weighted by Crippen LogP contribution is -2.15. The molecule has 0 unspecified atom stereocenters. The van der Waals surface area contributed by atoms with Crippen molar-refractivity contribution in [2.75, 3.05) is 13.2 Å². The summed E-state index contributed by atoms with van der Waals surface area (Å²) in [4.78, 5) is 0. The van der Waals surface area contributed by atoms with Gasteiger partial charge in [0.15, 0.2) is 0 Å². The molecule has 1 nitrogen and oxygen atoms in total. The predicted molar refractivity (Wildman–Crippen MR) is 125 cm³/mol. The molecule has 0 saturated carbocycles. The van der Waals surface area contributed by atoms with Gasteiger partial charge >= 0.3 is 6.18 Å². The van der Waals surface area contributed by atoms with Crippen LogP contribution in [0, 0.1) is 25.7 Å². The quantitative estimate of drug-likeness (QED) is 0.205. The van der Waals surface area contributed by atoms with Gasteiger partial charge in [-0.25, -0.2) is 8.78 Å². The van der Waals surface area contributed by atoms with E-state index in [1.54, 1.807) is 33.8 Å². The Morgan fingerprint density at radius 1 is 0.758 bits per heavy atom. The van der Waals surface area contributed by atoms with Gasteiger partial charge in [0.1, 0.15) is 24.8 Å². The van der Waals surface area contributed by atoms with E-state index in [4.69, 9.17) is 0 Å². The molecule has 1 aliphatic heterocycles. The first-order valence-corrected chi connectivity index (χ1v) is 11.0. The molecule has 1 fully saturated rings. The summed E-state index contributed by atoms with van der Waals surface area (Å²) in [6.45, 7) is 15.0. The van der Waals surface area contributed by atoms with Gasteiger partial charge in [0.2, 0.25) is 0 Å². The summed E-state index contributed by atoms with van der Waals surface area (Å²) in [6.07, 6.45) is -1.63. The first-order chi connectivity index (χ1) is 14.9. The number of hydrogen-bond acceptors (Lipinski definition) is 0. The van der Waals surface area contributed by atoms with Crippen LogP contribution in [0.4, 0.5) is 22.0 Å². The summed E-state index contributed by atoms with van der Waals surface area (Å²) in [5.41, 5.74) is 0.226. The Kier molecular flexibility index (Phi) is 10.1. The number of alkyl halides is 3. The number of aryl methyl sites for hydroxylation is 1. The number of hydrogen-bond donors (Lipinski definition) is 0. The molecule has 0 atom stereocenters. The second-order valence-electron chi connectivity index (χ2n) is 10.4. The molecule has 0 radical (unpaired) electrons. The van der Waals surface area contributed by atoms with Crippen molar-refractivity contribution in [2.24, 2.45) is 0 Å². The zero-order valence-corrected chi connectivity index (χ0v) is 20.8. The third-order valence-electron chi connectivity index (χ3n) is 5.10. The lowest BCUT2D eigenvalue weighted by molar-refractivity contribution is -0.137. The molecule has 186 valence electrons. The second kappa shape index (κ2) is 11.5. The molecule has 1 aliphatic rings. The number of rotatable bonds is 0. The average molecular weight is 473 g/mol. The smallest absolute Gasteiger partial charge is 0.416 e. The molecule has 3 rings (SSSR count). The summed E-state index contributed by atoms with van der Waals surface area (Å²) in [7, 11) is 3.69. The van der Waals surface area contributed by atoms with E-state index in [0.29, 0.717) is 5.56 Å². The first kappa shape index (κ1) is 29.1. The first-order valence-electron chi connectivity index (χ1n) is 11.0. The van der Waals surface area contributed by atoms with Crippen molar-refractivity contribution in [3.8, 4) is 0 Å². The maximum Gasteiger partial charge on any atom is 0.416 e. The molecule has 33 heavy (non-hydrogen) atoms. The van der Waals surface area contributed by atoms with E-state index >= 15 is 0 Å². The van der Waals surface area contributed by atoms with Crippen molar-refractivity contribution >= 4 is 0 Å². The molecule has 6 heteroatoms. The fourth-order valence-electron chi connectivity index (χ4n) is 3.31. The minimum atomic E-state index is -4.26. The molecule has 0 aliphatic carbocycles. The van der Waals surface area contributed by atoms with Crippen LogP contribution in [0.15, 0.2) is 36.4 Å². The third-order valence-corrected chi connectivity index (χ3v) is 5.10. The Labute approximate surface area is 195 Å². The van der Waals surface area contributed by atoms with Gasteiger partial charge in [0, 0.05) is 18.4 Å². The van der Waals surface area contributed by atoms with E-state index < -0.39 is 28.8 Å². The van der Waals surface area contributed by atoms with Crippen LogP contribution >= 0.6 is 0 Å². The standard InChI is InChI=1S/C12H15F3.C10H12F2.C5H10O/c1-8-5-9(11(2,3)4)7-10(6-8)12(13,14)15;1-10(2,3)9-7(11)5-4-6-8(9)12;1-6-4-2-3-5-6/h5-7H,1-4H3;4-6H,1-3H3;1-5H2. The molecular formula is C27H37F5O. The van der Waals surface area contributed by atoms with Crippen LogP contribution in [0.2, 0.25) is 0 Å². The van der Waals surface area contributed by atoms with Crippen LogP contribution in [0.5, 0.6) is 0 Å². The molecule has 1 saturated heterocycles. The lowest BCUT2D eigenvalue weighted by Gasteiger charge is -2.21. The average Bonchev–Trinajstić information content (AvgIpc) is 3.10. The maximum atomic E-state index is 13.1. The second-order valence-corrected chi connectivity index (χ2v) is 10.4. The van der Waals surface area contributed by atoms with Crippen LogP contribution in [0.3, 0.4) is 0 Å². The van der Waals surface area contributed by atoms with Gasteiger partial charge in [-0.3, -0.25) is 0 Å². The van der Waals surface area contributed by atoms with Crippen LogP contribution < -0.4 is 0 Å². The van der Waals surface area contributed by atoms with Crippen molar-refractivity contribution in [2.45, 2.75) is 78.3 Å². The largest absolute Gasteiger partial charge is 0.570 e. The highest BCUT2D eigenvalue weighted by atomic mass is 19.4. The van der Waals surface area contributed by atoms with Crippen molar-refractivity contribution < 1.29 is 26.3 Å². The molecule has 2 aromatic rings. The maximum absolute atomic E-state index is 13.1. The summed E-state index contributed by atoms with van der Waals surface area (Å²) in [5.74, 6) is -0.940. The van der Waals surface area contributed by atoms with E-state index in [1.165, 1.54) is 43.2 Å².